The molecule has 0 spiro atoms. The molecule has 4 N–H and O–H groups in total. The van der Waals surface area contributed by atoms with Gasteiger partial charge in [0.2, 0.25) is 5.91 Å². The minimum absolute atomic E-state index is 0.105. The van der Waals surface area contributed by atoms with Crippen LogP contribution in [0.1, 0.15) is 122 Å². The third kappa shape index (κ3) is 10.8. The molecule has 4 rings (SSSR count). The zero-order valence-corrected chi connectivity index (χ0v) is 25.4. The Labute approximate surface area is 248 Å². The summed E-state index contributed by atoms with van der Waals surface area (Å²) in [6.07, 6.45) is 22.4. The van der Waals surface area contributed by atoms with Crippen LogP contribution in [0.2, 0.25) is 0 Å². The summed E-state index contributed by atoms with van der Waals surface area (Å²) < 4.78 is 0. The Balaban J connectivity index is 1.08. The maximum absolute atomic E-state index is 12.9. The van der Waals surface area contributed by atoms with Crippen molar-refractivity contribution in [3.8, 4) is 0 Å². The summed E-state index contributed by atoms with van der Waals surface area (Å²) in [6, 6.07) is 0. The van der Waals surface area contributed by atoms with E-state index in [4.69, 9.17) is 10.1 Å². The van der Waals surface area contributed by atoms with Crippen molar-refractivity contribution in [3.05, 3.63) is 0 Å². The lowest BCUT2D eigenvalue weighted by Crippen LogP contribution is -2.42. The topological polar surface area (TPSA) is 117 Å². The van der Waals surface area contributed by atoms with Crippen molar-refractivity contribution in [2.75, 3.05) is 26.3 Å². The quantitative estimate of drug-likeness (QED) is 0.0983. The molecule has 0 aliphatic heterocycles. The summed E-state index contributed by atoms with van der Waals surface area (Å²) >= 11 is 0. The third-order valence-electron chi connectivity index (χ3n) is 11.1. The third-order valence-corrected chi connectivity index (χ3v) is 11.1. The van der Waals surface area contributed by atoms with Crippen molar-refractivity contribution in [3.63, 3.8) is 0 Å². The number of hydroxylamine groups is 1. The molecule has 0 bridgehead atoms. The first-order valence-corrected chi connectivity index (χ1v) is 17.1. The predicted molar refractivity (Wildman–Crippen MR) is 159 cm³/mol. The second kappa shape index (κ2) is 17.8. The molecule has 41 heavy (non-hydrogen) atoms. The van der Waals surface area contributed by atoms with Crippen LogP contribution in [0.25, 0.3) is 0 Å². The Kier molecular flexibility index (Phi) is 14.2. The fourth-order valence-electron chi connectivity index (χ4n) is 8.75. The number of carbonyl (C=O) groups excluding carboxylic acids is 1. The fraction of sp³-hybridized carbons (Fsp3) is 0.939. The van der Waals surface area contributed by atoms with Crippen LogP contribution < -0.4 is 10.8 Å². The smallest absolute Gasteiger partial charge is 0.307 e. The number of carboxylic acids is 1. The highest BCUT2D eigenvalue weighted by Crippen LogP contribution is 2.41. The first-order chi connectivity index (χ1) is 20.0. The first kappa shape index (κ1) is 32.7. The van der Waals surface area contributed by atoms with Gasteiger partial charge in [-0.05, 0) is 86.9 Å². The minimum atomic E-state index is -0.818. The van der Waals surface area contributed by atoms with Crippen LogP contribution in [0.5, 0.6) is 0 Å². The summed E-state index contributed by atoms with van der Waals surface area (Å²) in [5.74, 6) is 1.60. The van der Waals surface area contributed by atoms with Crippen molar-refractivity contribution < 1.29 is 29.7 Å². The zero-order valence-electron chi connectivity index (χ0n) is 25.4. The molecular weight excluding hydrogens is 520 g/mol. The van der Waals surface area contributed by atoms with Crippen molar-refractivity contribution >= 4 is 11.9 Å². The number of nitrogens with one attached hydrogen (secondary N) is 2. The zero-order chi connectivity index (χ0) is 28.9. The lowest BCUT2D eigenvalue weighted by Gasteiger charge is -2.37. The molecule has 4 fully saturated rings. The second-order valence-electron chi connectivity index (χ2n) is 14.1. The highest BCUT2D eigenvalue weighted by Gasteiger charge is 2.40. The van der Waals surface area contributed by atoms with Crippen LogP contribution in [-0.4, -0.2) is 48.5 Å². The standard InChI is InChI=1S/C33H58N2O6/c36-32(30-15-13-27(21-31(30)33(37)38)19-25-10-5-2-6-11-25)34-16-7-17-35-40-22-28-14-12-26(20-29(28)23-41-39)18-24-8-3-1-4-9-24/h24-31,35,39H,1-23H2,(H,34,36)(H,37,38). The van der Waals surface area contributed by atoms with Gasteiger partial charge in [-0.25, -0.2) is 10.4 Å². The summed E-state index contributed by atoms with van der Waals surface area (Å²) in [6.45, 7) is 2.10. The molecular formula is C33H58N2O6. The van der Waals surface area contributed by atoms with E-state index >= 15 is 0 Å². The van der Waals surface area contributed by atoms with E-state index < -0.39 is 17.8 Å². The van der Waals surface area contributed by atoms with Gasteiger partial charge in [0.1, 0.15) is 0 Å². The number of carbonyl (C=O) groups is 2. The molecule has 0 radical (unpaired) electrons. The van der Waals surface area contributed by atoms with Gasteiger partial charge >= 0.3 is 5.97 Å². The van der Waals surface area contributed by atoms with Gasteiger partial charge in [0, 0.05) is 13.1 Å². The number of carboxylic acid groups (broad SMARTS) is 1. The molecule has 4 aliphatic rings. The lowest BCUT2D eigenvalue weighted by molar-refractivity contribution is -0.257. The highest BCUT2D eigenvalue weighted by atomic mass is 17.1. The van der Waals surface area contributed by atoms with E-state index in [1.54, 1.807) is 0 Å². The summed E-state index contributed by atoms with van der Waals surface area (Å²) in [5, 5.41) is 22.0. The molecule has 0 heterocycles. The van der Waals surface area contributed by atoms with E-state index in [1.165, 1.54) is 77.0 Å². The molecule has 6 atom stereocenters. The van der Waals surface area contributed by atoms with Crippen LogP contribution in [-0.2, 0) is 19.3 Å². The molecule has 6 unspecified atom stereocenters. The van der Waals surface area contributed by atoms with E-state index in [1.807, 2.05) is 0 Å². The summed E-state index contributed by atoms with van der Waals surface area (Å²) in [4.78, 5) is 35.3. The SMILES string of the molecule is O=C(O)C1CC(CC2CCCCC2)CCC1C(=O)NCCCNOCC1CCC(CC2CCCCC2)CC1COO. The number of hydrogen-bond acceptors (Lipinski definition) is 6. The average Bonchev–Trinajstić information content (AvgIpc) is 2.98. The summed E-state index contributed by atoms with van der Waals surface area (Å²) in [7, 11) is 0. The van der Waals surface area contributed by atoms with E-state index in [-0.39, 0.29) is 5.91 Å². The molecule has 0 aromatic rings. The minimum Gasteiger partial charge on any atom is -0.481 e. The maximum Gasteiger partial charge on any atom is 0.307 e. The molecule has 8 nitrogen and oxygen atoms in total. The molecule has 0 aromatic carbocycles. The van der Waals surface area contributed by atoms with Crippen molar-refractivity contribution in [1.29, 1.82) is 0 Å². The van der Waals surface area contributed by atoms with Crippen molar-refractivity contribution in [2.24, 2.45) is 47.3 Å². The van der Waals surface area contributed by atoms with Gasteiger partial charge < -0.3 is 15.3 Å². The normalized spacial score (nSPS) is 32.0. The number of aliphatic carboxylic acids is 1. The first-order valence-electron chi connectivity index (χ1n) is 17.1. The highest BCUT2D eigenvalue weighted by molar-refractivity contribution is 5.84. The Hall–Kier alpha value is -1.22. The largest absolute Gasteiger partial charge is 0.481 e. The van der Waals surface area contributed by atoms with E-state index in [9.17, 15) is 14.7 Å². The summed E-state index contributed by atoms with van der Waals surface area (Å²) in [5.41, 5.74) is 3.05. The van der Waals surface area contributed by atoms with Crippen molar-refractivity contribution in [2.45, 2.75) is 122 Å². The van der Waals surface area contributed by atoms with Crippen LogP contribution >= 0.6 is 0 Å². The van der Waals surface area contributed by atoms with E-state index in [2.05, 4.69) is 15.7 Å². The number of hydrogen-bond donors (Lipinski definition) is 4. The van der Waals surface area contributed by atoms with Crippen LogP contribution in [0.3, 0.4) is 0 Å². The monoisotopic (exact) mass is 578 g/mol. The fourth-order valence-corrected chi connectivity index (χ4v) is 8.75. The Morgan fingerprint density at radius 1 is 0.659 bits per heavy atom. The molecule has 4 saturated carbocycles. The predicted octanol–water partition coefficient (Wildman–Crippen LogP) is 6.59. The maximum atomic E-state index is 12.9. The Morgan fingerprint density at radius 2 is 1.29 bits per heavy atom. The van der Waals surface area contributed by atoms with Gasteiger partial charge in [0.05, 0.1) is 25.0 Å². The lowest BCUT2D eigenvalue weighted by atomic mass is 9.70. The van der Waals surface area contributed by atoms with Crippen LogP contribution in [0.15, 0.2) is 0 Å². The van der Waals surface area contributed by atoms with Crippen LogP contribution in [0.4, 0.5) is 0 Å². The second-order valence-corrected chi connectivity index (χ2v) is 14.1. The van der Waals surface area contributed by atoms with Gasteiger partial charge in [-0.1, -0.05) is 70.6 Å². The van der Waals surface area contributed by atoms with Gasteiger partial charge in [-0.2, -0.15) is 0 Å². The molecule has 8 heteroatoms. The van der Waals surface area contributed by atoms with Gasteiger partial charge in [-0.3, -0.25) is 14.8 Å². The van der Waals surface area contributed by atoms with Gasteiger partial charge in [0.15, 0.2) is 0 Å². The van der Waals surface area contributed by atoms with Crippen LogP contribution in [0, 0.1) is 47.3 Å². The molecule has 0 saturated heterocycles. The van der Waals surface area contributed by atoms with E-state index in [0.29, 0.717) is 56.9 Å². The van der Waals surface area contributed by atoms with Gasteiger partial charge in [-0.15, -0.1) is 0 Å². The Bertz CT molecular complexity index is 769. The molecule has 4 aliphatic carbocycles. The van der Waals surface area contributed by atoms with Gasteiger partial charge in [0.25, 0.3) is 0 Å². The Morgan fingerprint density at radius 3 is 1.93 bits per heavy atom. The molecule has 236 valence electrons. The number of rotatable bonds is 15. The average molecular weight is 579 g/mol. The molecule has 1 amide bonds. The van der Waals surface area contributed by atoms with Crippen molar-refractivity contribution in [1.82, 2.24) is 10.8 Å². The molecule has 0 aromatic heterocycles. The van der Waals surface area contributed by atoms with E-state index in [0.717, 1.165) is 49.9 Å². The number of amides is 1.